The highest BCUT2D eigenvalue weighted by Crippen LogP contribution is 2.48. The molecule has 0 radical (unpaired) electrons. The van der Waals surface area contributed by atoms with Crippen LogP contribution in [0.3, 0.4) is 0 Å². The van der Waals surface area contributed by atoms with E-state index in [0.29, 0.717) is 12.0 Å². The van der Waals surface area contributed by atoms with E-state index < -0.39 is 5.97 Å². The van der Waals surface area contributed by atoms with Crippen LogP contribution in [-0.2, 0) is 0 Å². The predicted octanol–water partition coefficient (Wildman–Crippen LogP) is 2.09. The Morgan fingerprint density at radius 2 is 2.16 bits per heavy atom. The van der Waals surface area contributed by atoms with E-state index >= 15 is 0 Å². The minimum atomic E-state index is -1.04. The SMILES string of the molecule is CCCC1(CNC(=O)c2ccc(C(=O)O)cn2)CC1. The van der Waals surface area contributed by atoms with Crippen molar-refractivity contribution in [3.8, 4) is 0 Å². The average Bonchev–Trinajstić information content (AvgIpc) is 3.17. The van der Waals surface area contributed by atoms with Crippen molar-refractivity contribution in [1.82, 2.24) is 10.3 Å². The molecule has 1 amide bonds. The molecular formula is C14H18N2O3. The Bertz CT molecular complexity index is 478. The van der Waals surface area contributed by atoms with Crippen LogP contribution in [0, 0.1) is 5.41 Å². The number of rotatable bonds is 6. The van der Waals surface area contributed by atoms with E-state index in [0.717, 1.165) is 12.8 Å². The van der Waals surface area contributed by atoms with Gasteiger partial charge in [-0.3, -0.25) is 9.78 Å². The Morgan fingerprint density at radius 3 is 2.63 bits per heavy atom. The number of pyridine rings is 1. The van der Waals surface area contributed by atoms with Gasteiger partial charge in [0, 0.05) is 12.7 Å². The Kier molecular flexibility index (Phi) is 3.83. The molecule has 102 valence electrons. The van der Waals surface area contributed by atoms with Gasteiger partial charge in [-0.05, 0) is 36.8 Å². The van der Waals surface area contributed by atoms with E-state index in [9.17, 15) is 9.59 Å². The van der Waals surface area contributed by atoms with Crippen LogP contribution in [0.5, 0.6) is 0 Å². The van der Waals surface area contributed by atoms with Crippen molar-refractivity contribution in [1.29, 1.82) is 0 Å². The molecule has 0 bridgehead atoms. The summed E-state index contributed by atoms with van der Waals surface area (Å²) in [7, 11) is 0. The van der Waals surface area contributed by atoms with Crippen molar-refractivity contribution in [3.63, 3.8) is 0 Å². The summed E-state index contributed by atoms with van der Waals surface area (Å²) in [4.78, 5) is 26.4. The lowest BCUT2D eigenvalue weighted by Crippen LogP contribution is -2.30. The summed E-state index contributed by atoms with van der Waals surface area (Å²) < 4.78 is 0. The predicted molar refractivity (Wildman–Crippen MR) is 70.1 cm³/mol. The van der Waals surface area contributed by atoms with E-state index in [4.69, 9.17) is 5.11 Å². The summed E-state index contributed by atoms with van der Waals surface area (Å²) in [5.41, 5.74) is 0.643. The molecule has 0 aromatic carbocycles. The van der Waals surface area contributed by atoms with Gasteiger partial charge in [0.05, 0.1) is 5.56 Å². The Labute approximate surface area is 112 Å². The molecule has 5 heteroatoms. The van der Waals surface area contributed by atoms with Crippen LogP contribution in [-0.4, -0.2) is 28.5 Å². The molecule has 1 saturated carbocycles. The quantitative estimate of drug-likeness (QED) is 0.822. The number of aromatic nitrogens is 1. The smallest absolute Gasteiger partial charge is 0.337 e. The average molecular weight is 262 g/mol. The highest BCUT2D eigenvalue weighted by Gasteiger charge is 2.41. The van der Waals surface area contributed by atoms with Crippen LogP contribution in [0.15, 0.2) is 18.3 Å². The summed E-state index contributed by atoms with van der Waals surface area (Å²) in [6.07, 6.45) is 5.81. The van der Waals surface area contributed by atoms with Gasteiger partial charge in [-0.2, -0.15) is 0 Å². The Balaban J connectivity index is 1.91. The minimum Gasteiger partial charge on any atom is -0.478 e. The van der Waals surface area contributed by atoms with Crippen molar-refractivity contribution in [2.75, 3.05) is 6.54 Å². The van der Waals surface area contributed by atoms with E-state index in [1.54, 1.807) is 0 Å². The van der Waals surface area contributed by atoms with Gasteiger partial charge in [-0.25, -0.2) is 4.79 Å². The number of hydrogen-bond acceptors (Lipinski definition) is 3. The maximum Gasteiger partial charge on any atom is 0.337 e. The van der Waals surface area contributed by atoms with Gasteiger partial charge in [0.2, 0.25) is 0 Å². The zero-order valence-electron chi connectivity index (χ0n) is 11.0. The van der Waals surface area contributed by atoms with Crippen molar-refractivity contribution >= 4 is 11.9 Å². The van der Waals surface area contributed by atoms with E-state index in [1.165, 1.54) is 31.2 Å². The second-order valence-electron chi connectivity index (χ2n) is 5.17. The van der Waals surface area contributed by atoms with Crippen LogP contribution in [0.1, 0.15) is 53.5 Å². The highest BCUT2D eigenvalue weighted by atomic mass is 16.4. The van der Waals surface area contributed by atoms with Crippen LogP contribution in [0.25, 0.3) is 0 Å². The summed E-state index contributed by atoms with van der Waals surface area (Å²) in [6, 6.07) is 2.83. The summed E-state index contributed by atoms with van der Waals surface area (Å²) >= 11 is 0. The standard InChI is InChI=1S/C14H18N2O3/c1-2-5-14(6-7-14)9-16-12(17)11-4-3-10(8-15-11)13(18)19/h3-4,8H,2,5-7,9H2,1H3,(H,16,17)(H,18,19). The van der Waals surface area contributed by atoms with Crippen molar-refractivity contribution in [2.24, 2.45) is 5.41 Å². The maximum atomic E-state index is 11.9. The molecule has 1 aromatic rings. The van der Waals surface area contributed by atoms with Crippen LogP contribution < -0.4 is 5.32 Å². The molecule has 1 aliphatic carbocycles. The summed E-state index contributed by atoms with van der Waals surface area (Å²) in [6.45, 7) is 2.83. The lowest BCUT2D eigenvalue weighted by molar-refractivity contribution is 0.0695. The maximum absolute atomic E-state index is 11.9. The van der Waals surface area contributed by atoms with Crippen molar-refractivity contribution in [3.05, 3.63) is 29.6 Å². The lowest BCUT2D eigenvalue weighted by atomic mass is 10.0. The van der Waals surface area contributed by atoms with E-state index in [-0.39, 0.29) is 17.2 Å². The second-order valence-corrected chi connectivity index (χ2v) is 5.17. The molecule has 1 heterocycles. The van der Waals surface area contributed by atoms with Gasteiger partial charge in [0.15, 0.2) is 0 Å². The van der Waals surface area contributed by atoms with E-state index in [2.05, 4.69) is 17.2 Å². The molecule has 0 unspecified atom stereocenters. The monoisotopic (exact) mass is 262 g/mol. The number of carboxylic acids is 1. The number of aromatic carboxylic acids is 1. The zero-order valence-corrected chi connectivity index (χ0v) is 11.0. The third-order valence-corrected chi connectivity index (χ3v) is 3.60. The second kappa shape index (κ2) is 5.38. The lowest BCUT2D eigenvalue weighted by Gasteiger charge is -2.14. The number of carboxylic acid groups (broad SMARTS) is 1. The van der Waals surface area contributed by atoms with Crippen molar-refractivity contribution in [2.45, 2.75) is 32.6 Å². The Morgan fingerprint density at radius 1 is 1.42 bits per heavy atom. The highest BCUT2D eigenvalue weighted by molar-refractivity contribution is 5.93. The molecule has 2 N–H and O–H groups in total. The van der Waals surface area contributed by atoms with Gasteiger partial charge < -0.3 is 10.4 Å². The van der Waals surface area contributed by atoms with Gasteiger partial charge in [-0.15, -0.1) is 0 Å². The normalized spacial score (nSPS) is 15.8. The van der Waals surface area contributed by atoms with E-state index in [1.807, 2.05) is 0 Å². The van der Waals surface area contributed by atoms with Crippen LogP contribution in [0.2, 0.25) is 0 Å². The van der Waals surface area contributed by atoms with Crippen LogP contribution >= 0.6 is 0 Å². The molecular weight excluding hydrogens is 244 g/mol. The zero-order chi connectivity index (χ0) is 13.9. The number of nitrogens with one attached hydrogen (secondary N) is 1. The largest absolute Gasteiger partial charge is 0.478 e. The fourth-order valence-electron chi connectivity index (χ4n) is 2.24. The fraction of sp³-hybridized carbons (Fsp3) is 0.500. The third-order valence-electron chi connectivity index (χ3n) is 3.60. The fourth-order valence-corrected chi connectivity index (χ4v) is 2.24. The molecule has 1 aliphatic rings. The van der Waals surface area contributed by atoms with Gasteiger partial charge in [-0.1, -0.05) is 13.3 Å². The first-order valence-corrected chi connectivity index (χ1v) is 6.54. The minimum absolute atomic E-state index is 0.0844. The molecule has 0 aliphatic heterocycles. The molecule has 0 atom stereocenters. The summed E-state index contributed by atoms with van der Waals surface area (Å²) in [5.74, 6) is -1.28. The molecule has 5 nitrogen and oxygen atoms in total. The number of carbonyl (C=O) groups is 2. The van der Waals surface area contributed by atoms with Gasteiger partial charge in [0.25, 0.3) is 5.91 Å². The number of carbonyl (C=O) groups excluding carboxylic acids is 1. The molecule has 0 spiro atoms. The van der Waals surface area contributed by atoms with Gasteiger partial charge >= 0.3 is 5.97 Å². The first kappa shape index (κ1) is 13.5. The van der Waals surface area contributed by atoms with Crippen molar-refractivity contribution < 1.29 is 14.7 Å². The molecule has 1 fully saturated rings. The summed E-state index contributed by atoms with van der Waals surface area (Å²) in [5, 5.41) is 11.6. The first-order valence-electron chi connectivity index (χ1n) is 6.54. The first-order chi connectivity index (χ1) is 9.06. The molecule has 2 rings (SSSR count). The number of nitrogens with zero attached hydrogens (tertiary/aromatic N) is 1. The van der Waals surface area contributed by atoms with Gasteiger partial charge in [0.1, 0.15) is 5.69 Å². The molecule has 19 heavy (non-hydrogen) atoms. The Hall–Kier alpha value is -1.91. The number of amides is 1. The topological polar surface area (TPSA) is 79.3 Å². The number of hydrogen-bond donors (Lipinski definition) is 2. The molecule has 1 aromatic heterocycles. The van der Waals surface area contributed by atoms with Crippen LogP contribution in [0.4, 0.5) is 0 Å². The third kappa shape index (κ3) is 3.30. The molecule has 0 saturated heterocycles.